The first-order chi connectivity index (χ1) is 22.6. The molecule has 0 fully saturated rings. The molecule has 2 heteroatoms. The summed E-state index contributed by atoms with van der Waals surface area (Å²) in [7, 11) is 0. The van der Waals surface area contributed by atoms with E-state index in [0.29, 0.717) is 16.5 Å². The number of benzene rings is 6. The third-order valence-corrected chi connectivity index (χ3v) is 7.14. The molecular weight excluding hydrogens is 460 g/mol. The fourth-order valence-corrected chi connectivity index (χ4v) is 5.48. The van der Waals surface area contributed by atoms with Crippen molar-refractivity contribution in [3.8, 4) is 22.5 Å². The zero-order valence-corrected chi connectivity index (χ0v) is 20.1. The number of nitrogens with zero attached hydrogens (tertiary/aromatic N) is 2. The second-order valence-electron chi connectivity index (χ2n) is 9.18. The molecule has 8 rings (SSSR count). The average molecular weight is 494 g/mol. The van der Waals surface area contributed by atoms with Crippen molar-refractivity contribution < 1.29 is 12.3 Å². The Kier molecular flexibility index (Phi) is 3.03. The summed E-state index contributed by atoms with van der Waals surface area (Å²) < 4.78 is 79.3. The van der Waals surface area contributed by atoms with Gasteiger partial charge in [0.1, 0.15) is 0 Å². The van der Waals surface area contributed by atoms with E-state index in [1.165, 1.54) is 0 Å². The summed E-state index contributed by atoms with van der Waals surface area (Å²) in [6.45, 7) is 0. The van der Waals surface area contributed by atoms with Gasteiger partial charge in [-0.2, -0.15) is 0 Å². The van der Waals surface area contributed by atoms with E-state index in [1.807, 2.05) is 83.4 Å². The molecule has 0 aliphatic heterocycles. The van der Waals surface area contributed by atoms with Crippen molar-refractivity contribution in [2.24, 2.45) is 0 Å². The Hall–Kier alpha value is -5.08. The normalized spacial score (nSPS) is 15.0. The maximum absolute atomic E-state index is 8.86. The number of fused-ring (bicyclic) bond motifs is 6. The summed E-state index contributed by atoms with van der Waals surface area (Å²) in [6, 6.07) is 26.4. The van der Waals surface area contributed by atoms with Gasteiger partial charge in [0.25, 0.3) is 0 Å². The highest BCUT2D eigenvalue weighted by Crippen LogP contribution is 2.37. The van der Waals surface area contributed by atoms with E-state index >= 15 is 0 Å². The van der Waals surface area contributed by atoms with Crippen LogP contribution in [-0.2, 0) is 0 Å². The van der Waals surface area contributed by atoms with Crippen LogP contribution in [0.1, 0.15) is 12.3 Å². The van der Waals surface area contributed by atoms with Gasteiger partial charge in [-0.05, 0) is 53.6 Å². The smallest absolute Gasteiger partial charge is 0.0645 e. The van der Waals surface area contributed by atoms with Gasteiger partial charge in [-0.15, -0.1) is 0 Å². The van der Waals surface area contributed by atoms with Gasteiger partial charge in [0.15, 0.2) is 0 Å². The van der Waals surface area contributed by atoms with Gasteiger partial charge in [-0.25, -0.2) is 0 Å². The van der Waals surface area contributed by atoms with Crippen LogP contribution < -0.4 is 0 Å². The summed E-state index contributed by atoms with van der Waals surface area (Å²) in [5.74, 6) is 0. The standard InChI is InChI=1S/C36H24N2/c1-2-10-25(11-3-1)26-18-20-27(21-19-26)37-33-15-7-6-14-31(33)32-23-22-28(24-36(32)37)38-34-16-8-4-12-29(34)30-13-5-9-17-35(30)38/h1-24H/i1D,2D,3D,4D,8D,10D,11D,12D,16D. The minimum absolute atomic E-state index is 0.0784. The lowest BCUT2D eigenvalue weighted by Gasteiger charge is -2.12. The minimum atomic E-state index is -0.430. The lowest BCUT2D eigenvalue weighted by molar-refractivity contribution is 1.15. The molecule has 0 saturated carbocycles. The molecule has 6 aromatic carbocycles. The van der Waals surface area contributed by atoms with E-state index < -0.39 is 6.04 Å². The molecule has 0 N–H and O–H groups in total. The molecular formula is C36H24N2. The lowest BCUT2D eigenvalue weighted by atomic mass is 10.1. The van der Waals surface area contributed by atoms with Gasteiger partial charge in [0.2, 0.25) is 0 Å². The monoisotopic (exact) mass is 493 g/mol. The van der Waals surface area contributed by atoms with E-state index in [-0.39, 0.29) is 53.9 Å². The fraction of sp³-hybridized carbons (Fsp3) is 0. The maximum Gasteiger partial charge on any atom is 0.0645 e. The number of hydrogen-bond acceptors (Lipinski definition) is 0. The highest BCUT2D eigenvalue weighted by molar-refractivity contribution is 6.12. The van der Waals surface area contributed by atoms with E-state index in [1.54, 1.807) is 12.1 Å². The molecule has 0 spiro atoms. The summed E-state index contributed by atoms with van der Waals surface area (Å²) in [6.07, 6.45) is 0. The topological polar surface area (TPSA) is 9.86 Å². The number of hydrogen-bond donors (Lipinski definition) is 0. The van der Waals surface area contributed by atoms with Crippen LogP contribution >= 0.6 is 0 Å². The van der Waals surface area contributed by atoms with Crippen LogP contribution in [0.2, 0.25) is 0 Å². The molecule has 0 amide bonds. The van der Waals surface area contributed by atoms with E-state index in [4.69, 9.17) is 12.3 Å². The first kappa shape index (κ1) is 14.0. The summed E-state index contributed by atoms with van der Waals surface area (Å²) >= 11 is 0. The van der Waals surface area contributed by atoms with Gasteiger partial charge in [0.05, 0.1) is 34.4 Å². The molecule has 178 valence electrons. The Morgan fingerprint density at radius 2 is 0.974 bits per heavy atom. The maximum atomic E-state index is 8.86. The van der Waals surface area contributed by atoms with Crippen LogP contribution in [0.4, 0.5) is 0 Å². The van der Waals surface area contributed by atoms with Crippen molar-refractivity contribution >= 4 is 43.6 Å². The predicted octanol–water partition coefficient (Wildman–Crippen LogP) is 9.55. The van der Waals surface area contributed by atoms with Crippen molar-refractivity contribution in [3.05, 3.63) is 145 Å². The highest BCUT2D eigenvalue weighted by Gasteiger charge is 2.16. The van der Waals surface area contributed by atoms with Crippen LogP contribution in [-0.4, -0.2) is 9.13 Å². The molecule has 0 aliphatic rings. The summed E-state index contributed by atoms with van der Waals surface area (Å²) in [4.78, 5) is 0. The van der Waals surface area contributed by atoms with Crippen molar-refractivity contribution in [3.63, 3.8) is 0 Å². The molecule has 8 aromatic rings. The Balaban J connectivity index is 1.39. The fourth-order valence-electron chi connectivity index (χ4n) is 5.48. The Morgan fingerprint density at radius 3 is 1.74 bits per heavy atom. The molecule has 0 saturated heterocycles. The van der Waals surface area contributed by atoms with E-state index in [2.05, 4.69) is 4.57 Å². The molecule has 38 heavy (non-hydrogen) atoms. The number of rotatable bonds is 3. The molecule has 0 bridgehead atoms. The van der Waals surface area contributed by atoms with Crippen molar-refractivity contribution in [1.82, 2.24) is 9.13 Å². The molecule has 0 atom stereocenters. The molecule has 0 unspecified atom stereocenters. The molecule has 2 heterocycles. The van der Waals surface area contributed by atoms with Crippen LogP contribution in [0, 0.1) is 0 Å². The average Bonchev–Trinajstić information content (AvgIpc) is 3.61. The third-order valence-electron chi connectivity index (χ3n) is 7.14. The van der Waals surface area contributed by atoms with Crippen molar-refractivity contribution in [1.29, 1.82) is 0 Å². The molecule has 2 aromatic heterocycles. The van der Waals surface area contributed by atoms with Crippen LogP contribution in [0.5, 0.6) is 0 Å². The lowest BCUT2D eigenvalue weighted by Crippen LogP contribution is -1.97. The number of para-hydroxylation sites is 3. The zero-order chi connectivity index (χ0) is 32.9. The SMILES string of the molecule is [2H]c1c([2H])c([2H])c(-c2ccc(-n3c4ccccc4c4ccc(-n5c6ccccc6c6c([2H])c([2H])c([2H])c([2H])c65)cc43)cc2)c([2H])c1[2H]. The Labute approximate surface area is 233 Å². The first-order valence-electron chi connectivity index (χ1n) is 16.8. The highest BCUT2D eigenvalue weighted by atomic mass is 15.0. The van der Waals surface area contributed by atoms with Gasteiger partial charge < -0.3 is 9.13 Å². The van der Waals surface area contributed by atoms with Crippen molar-refractivity contribution in [2.45, 2.75) is 0 Å². The van der Waals surface area contributed by atoms with Gasteiger partial charge in [0, 0.05) is 32.9 Å². The second kappa shape index (κ2) is 8.22. The minimum Gasteiger partial charge on any atom is -0.309 e. The molecule has 0 aliphatic carbocycles. The van der Waals surface area contributed by atoms with Crippen LogP contribution in [0.15, 0.2) is 145 Å². The van der Waals surface area contributed by atoms with Crippen LogP contribution in [0.25, 0.3) is 66.1 Å². The van der Waals surface area contributed by atoms with Gasteiger partial charge >= 0.3 is 0 Å². The van der Waals surface area contributed by atoms with Crippen molar-refractivity contribution in [2.75, 3.05) is 0 Å². The van der Waals surface area contributed by atoms with Gasteiger partial charge in [-0.1, -0.05) is 103 Å². The molecule has 0 radical (unpaired) electrons. The van der Waals surface area contributed by atoms with Crippen LogP contribution in [0.3, 0.4) is 0 Å². The largest absolute Gasteiger partial charge is 0.309 e. The molecule has 2 nitrogen and oxygen atoms in total. The van der Waals surface area contributed by atoms with Gasteiger partial charge in [-0.3, -0.25) is 0 Å². The second-order valence-corrected chi connectivity index (χ2v) is 9.18. The van der Waals surface area contributed by atoms with E-state index in [0.717, 1.165) is 44.1 Å². The quantitative estimate of drug-likeness (QED) is 0.232. The Bertz CT molecular complexity index is 2590. The number of aromatic nitrogens is 2. The van der Waals surface area contributed by atoms with E-state index in [9.17, 15) is 0 Å². The third kappa shape index (κ3) is 3.07. The summed E-state index contributed by atoms with van der Waals surface area (Å²) in [5.41, 5.74) is 5.16. The Morgan fingerprint density at radius 1 is 0.395 bits per heavy atom. The summed E-state index contributed by atoms with van der Waals surface area (Å²) in [5, 5.41) is 3.21. The zero-order valence-electron chi connectivity index (χ0n) is 29.1. The predicted molar refractivity (Wildman–Crippen MR) is 161 cm³/mol. The first-order valence-corrected chi connectivity index (χ1v) is 12.3.